The van der Waals surface area contributed by atoms with Gasteiger partial charge in [0.15, 0.2) is 0 Å². The van der Waals surface area contributed by atoms with Crippen LogP contribution in [-0.2, 0) is 13.0 Å². The van der Waals surface area contributed by atoms with E-state index in [1.54, 1.807) is 17.3 Å². The monoisotopic (exact) mass is 310 g/mol. The van der Waals surface area contributed by atoms with Gasteiger partial charge in [-0.3, -0.25) is 4.79 Å². The number of carbonyl (C=O) groups excluding carboxylic acids is 1. The second kappa shape index (κ2) is 6.77. The molecule has 3 rings (SSSR count). The van der Waals surface area contributed by atoms with Crippen molar-refractivity contribution >= 4 is 11.9 Å². The highest BCUT2D eigenvalue weighted by atomic mass is 16.2. The molecule has 2 heterocycles. The summed E-state index contributed by atoms with van der Waals surface area (Å²) >= 11 is 0. The average Bonchev–Trinajstić information content (AvgIpc) is 2.62. The topological polar surface area (TPSA) is 49.3 Å². The minimum Gasteiger partial charge on any atom is -0.339 e. The fraction of sp³-hybridized carbons (Fsp3) is 0.389. The van der Waals surface area contributed by atoms with Crippen molar-refractivity contribution in [3.8, 4) is 0 Å². The SMILES string of the molecule is CCN(CC)C(=O)c1cnc(N2CCc3ccccc3C2)nc1. The van der Waals surface area contributed by atoms with E-state index in [0.717, 1.165) is 19.5 Å². The van der Waals surface area contributed by atoms with Crippen molar-refractivity contribution in [1.82, 2.24) is 14.9 Å². The zero-order chi connectivity index (χ0) is 16.2. The number of carbonyl (C=O) groups is 1. The Morgan fingerprint density at radius 1 is 1.13 bits per heavy atom. The third-order valence-corrected chi connectivity index (χ3v) is 4.35. The Kier molecular flexibility index (Phi) is 4.55. The molecule has 0 saturated carbocycles. The molecule has 1 aromatic heterocycles. The number of benzene rings is 1. The van der Waals surface area contributed by atoms with E-state index < -0.39 is 0 Å². The largest absolute Gasteiger partial charge is 0.339 e. The summed E-state index contributed by atoms with van der Waals surface area (Å²) in [7, 11) is 0. The maximum absolute atomic E-state index is 12.3. The number of anilines is 1. The van der Waals surface area contributed by atoms with Crippen LogP contribution in [0.4, 0.5) is 5.95 Å². The molecule has 5 heteroatoms. The van der Waals surface area contributed by atoms with E-state index in [-0.39, 0.29) is 5.91 Å². The van der Waals surface area contributed by atoms with Gasteiger partial charge in [0, 0.05) is 38.6 Å². The Morgan fingerprint density at radius 2 is 1.78 bits per heavy atom. The molecule has 120 valence electrons. The van der Waals surface area contributed by atoms with Crippen LogP contribution in [0.2, 0.25) is 0 Å². The minimum absolute atomic E-state index is 0.00876. The molecule has 0 saturated heterocycles. The number of rotatable bonds is 4. The van der Waals surface area contributed by atoms with E-state index in [1.807, 2.05) is 13.8 Å². The van der Waals surface area contributed by atoms with Crippen molar-refractivity contribution in [2.45, 2.75) is 26.8 Å². The van der Waals surface area contributed by atoms with Crippen LogP contribution < -0.4 is 4.90 Å². The Morgan fingerprint density at radius 3 is 2.43 bits per heavy atom. The molecular weight excluding hydrogens is 288 g/mol. The van der Waals surface area contributed by atoms with Gasteiger partial charge in [-0.05, 0) is 31.4 Å². The molecule has 0 aliphatic carbocycles. The highest BCUT2D eigenvalue weighted by molar-refractivity contribution is 5.93. The van der Waals surface area contributed by atoms with Crippen molar-refractivity contribution in [3.63, 3.8) is 0 Å². The molecule has 0 fully saturated rings. The Hall–Kier alpha value is -2.43. The van der Waals surface area contributed by atoms with Crippen LogP contribution in [0.5, 0.6) is 0 Å². The number of aromatic nitrogens is 2. The summed E-state index contributed by atoms with van der Waals surface area (Å²) in [4.78, 5) is 25.1. The van der Waals surface area contributed by atoms with Crippen LogP contribution in [0.3, 0.4) is 0 Å². The average molecular weight is 310 g/mol. The number of nitrogens with zero attached hydrogens (tertiary/aromatic N) is 4. The third kappa shape index (κ3) is 3.18. The summed E-state index contributed by atoms with van der Waals surface area (Å²) in [6.07, 6.45) is 4.28. The summed E-state index contributed by atoms with van der Waals surface area (Å²) in [6.45, 7) is 7.06. The van der Waals surface area contributed by atoms with Gasteiger partial charge >= 0.3 is 0 Å². The van der Waals surface area contributed by atoms with Gasteiger partial charge in [0.05, 0.1) is 5.56 Å². The molecule has 2 aromatic rings. The molecule has 0 unspecified atom stereocenters. The van der Waals surface area contributed by atoms with Crippen LogP contribution in [0, 0.1) is 0 Å². The van der Waals surface area contributed by atoms with Gasteiger partial charge in [-0.15, -0.1) is 0 Å². The molecule has 1 aliphatic heterocycles. The van der Waals surface area contributed by atoms with E-state index in [0.29, 0.717) is 24.6 Å². The molecule has 1 aliphatic rings. The normalized spacial score (nSPS) is 13.6. The van der Waals surface area contributed by atoms with Crippen LogP contribution in [0.25, 0.3) is 0 Å². The van der Waals surface area contributed by atoms with Gasteiger partial charge in [0.25, 0.3) is 5.91 Å². The minimum atomic E-state index is -0.00876. The lowest BCUT2D eigenvalue weighted by molar-refractivity contribution is 0.0772. The highest BCUT2D eigenvalue weighted by Crippen LogP contribution is 2.21. The molecule has 5 nitrogen and oxygen atoms in total. The van der Waals surface area contributed by atoms with Crippen molar-refractivity contribution < 1.29 is 4.79 Å². The van der Waals surface area contributed by atoms with Crippen LogP contribution >= 0.6 is 0 Å². The van der Waals surface area contributed by atoms with Crippen molar-refractivity contribution in [3.05, 3.63) is 53.3 Å². The fourth-order valence-electron chi connectivity index (χ4n) is 2.95. The summed E-state index contributed by atoms with van der Waals surface area (Å²) in [5.74, 6) is 0.682. The quantitative estimate of drug-likeness (QED) is 0.871. The number of hydrogen-bond donors (Lipinski definition) is 0. The third-order valence-electron chi connectivity index (χ3n) is 4.35. The van der Waals surface area contributed by atoms with Crippen molar-refractivity contribution in [2.24, 2.45) is 0 Å². The molecule has 0 atom stereocenters. The molecule has 0 N–H and O–H groups in total. The number of amides is 1. The molecule has 1 aromatic carbocycles. The first kappa shape index (κ1) is 15.5. The maximum atomic E-state index is 12.3. The molecule has 0 bridgehead atoms. The van der Waals surface area contributed by atoms with E-state index in [2.05, 4.69) is 39.1 Å². The van der Waals surface area contributed by atoms with Crippen LogP contribution in [0.1, 0.15) is 35.3 Å². The Balaban J connectivity index is 1.75. The first-order valence-electron chi connectivity index (χ1n) is 8.16. The lowest BCUT2D eigenvalue weighted by Crippen LogP contribution is -2.33. The predicted octanol–water partition coefficient (Wildman–Crippen LogP) is 2.52. The van der Waals surface area contributed by atoms with E-state index in [4.69, 9.17) is 0 Å². The first-order chi connectivity index (χ1) is 11.2. The van der Waals surface area contributed by atoms with Gasteiger partial charge < -0.3 is 9.80 Å². The zero-order valence-corrected chi connectivity index (χ0v) is 13.7. The Labute approximate surface area is 137 Å². The summed E-state index contributed by atoms with van der Waals surface area (Å²) in [6, 6.07) is 8.48. The van der Waals surface area contributed by atoms with Crippen LogP contribution in [-0.4, -0.2) is 40.4 Å². The van der Waals surface area contributed by atoms with E-state index in [9.17, 15) is 4.79 Å². The smallest absolute Gasteiger partial charge is 0.256 e. The summed E-state index contributed by atoms with van der Waals surface area (Å²) in [5.41, 5.74) is 3.28. The van der Waals surface area contributed by atoms with Crippen molar-refractivity contribution in [2.75, 3.05) is 24.5 Å². The van der Waals surface area contributed by atoms with E-state index in [1.165, 1.54) is 11.1 Å². The molecule has 23 heavy (non-hydrogen) atoms. The lowest BCUT2D eigenvalue weighted by Gasteiger charge is -2.28. The maximum Gasteiger partial charge on any atom is 0.256 e. The second-order valence-electron chi connectivity index (χ2n) is 5.69. The summed E-state index contributed by atoms with van der Waals surface area (Å²) in [5, 5.41) is 0. The lowest BCUT2D eigenvalue weighted by atomic mass is 10.0. The second-order valence-corrected chi connectivity index (χ2v) is 5.69. The molecular formula is C18H22N4O. The highest BCUT2D eigenvalue weighted by Gasteiger charge is 2.19. The van der Waals surface area contributed by atoms with Gasteiger partial charge in [-0.1, -0.05) is 24.3 Å². The fourth-order valence-corrected chi connectivity index (χ4v) is 2.95. The molecule has 1 amide bonds. The number of hydrogen-bond acceptors (Lipinski definition) is 4. The first-order valence-corrected chi connectivity index (χ1v) is 8.16. The van der Waals surface area contributed by atoms with Crippen LogP contribution in [0.15, 0.2) is 36.7 Å². The predicted molar refractivity (Wildman–Crippen MR) is 90.5 cm³/mol. The summed E-state index contributed by atoms with van der Waals surface area (Å²) < 4.78 is 0. The van der Waals surface area contributed by atoms with Crippen molar-refractivity contribution in [1.29, 1.82) is 0 Å². The zero-order valence-electron chi connectivity index (χ0n) is 13.7. The van der Waals surface area contributed by atoms with Gasteiger partial charge in [0.2, 0.25) is 5.95 Å². The molecule has 0 radical (unpaired) electrons. The van der Waals surface area contributed by atoms with Gasteiger partial charge in [-0.2, -0.15) is 0 Å². The van der Waals surface area contributed by atoms with Gasteiger partial charge in [-0.25, -0.2) is 9.97 Å². The van der Waals surface area contributed by atoms with Gasteiger partial charge in [0.1, 0.15) is 0 Å². The molecule has 0 spiro atoms. The standard InChI is InChI=1S/C18H22N4O/c1-3-21(4-2)17(23)16-11-19-18(20-12-16)22-10-9-14-7-5-6-8-15(14)13-22/h5-8,11-12H,3-4,9-10,13H2,1-2H3. The van der Waals surface area contributed by atoms with E-state index >= 15 is 0 Å². The Bertz CT molecular complexity index is 680. The number of fused-ring (bicyclic) bond motifs is 1.